The van der Waals surface area contributed by atoms with Crippen LogP contribution in [0, 0.1) is 11.8 Å². The van der Waals surface area contributed by atoms with Crippen LogP contribution in [0.15, 0.2) is 35.9 Å². The third-order valence-corrected chi connectivity index (χ3v) is 2.88. The summed E-state index contributed by atoms with van der Waals surface area (Å²) in [6, 6.07) is 6.83. The minimum Gasteiger partial charge on any atom is -0.481 e. The molecule has 0 heterocycles. The summed E-state index contributed by atoms with van der Waals surface area (Å²) in [6.45, 7) is 0.356. The lowest BCUT2D eigenvalue weighted by Crippen LogP contribution is -2.01. The van der Waals surface area contributed by atoms with Crippen LogP contribution in [0.1, 0.15) is 29.6 Å². The Morgan fingerprint density at radius 2 is 2.11 bits per heavy atom. The van der Waals surface area contributed by atoms with Crippen molar-refractivity contribution in [3.05, 3.63) is 41.5 Å². The highest BCUT2D eigenvalue weighted by atomic mass is 16.5. The van der Waals surface area contributed by atoms with Crippen LogP contribution in [-0.2, 0) is 4.74 Å². The van der Waals surface area contributed by atoms with Gasteiger partial charge in [-0.3, -0.25) is 0 Å². The number of allylic oxidation sites excluding steroid dienone is 2. The fraction of sp³-hybridized carbons (Fsp3) is 0.312. The van der Waals surface area contributed by atoms with E-state index < -0.39 is 0 Å². The van der Waals surface area contributed by atoms with Crippen LogP contribution in [-0.4, -0.2) is 19.7 Å². The van der Waals surface area contributed by atoms with Crippen molar-refractivity contribution in [3.8, 4) is 17.6 Å². The van der Waals surface area contributed by atoms with E-state index in [9.17, 15) is 4.79 Å². The monoisotopic (exact) mass is 256 g/mol. The van der Waals surface area contributed by atoms with Gasteiger partial charge in [0.05, 0.1) is 12.7 Å². The molecule has 0 aromatic heterocycles. The van der Waals surface area contributed by atoms with Crippen LogP contribution in [0.25, 0.3) is 0 Å². The molecule has 0 spiro atoms. The first-order valence-corrected chi connectivity index (χ1v) is 6.28. The topological polar surface area (TPSA) is 35.5 Å². The van der Waals surface area contributed by atoms with Crippen molar-refractivity contribution in [2.75, 3.05) is 13.7 Å². The lowest BCUT2D eigenvalue weighted by Gasteiger charge is -2.03. The second kappa shape index (κ2) is 6.65. The van der Waals surface area contributed by atoms with Crippen molar-refractivity contribution in [1.29, 1.82) is 0 Å². The maximum Gasteiger partial charge on any atom is 0.337 e. The number of methoxy groups -OCH3 is 1. The molecule has 98 valence electrons. The van der Waals surface area contributed by atoms with Gasteiger partial charge in [-0.05, 0) is 49.1 Å². The lowest BCUT2D eigenvalue weighted by molar-refractivity contribution is 0.0600. The summed E-state index contributed by atoms with van der Waals surface area (Å²) in [7, 11) is 1.36. The van der Waals surface area contributed by atoms with Crippen LogP contribution < -0.4 is 4.74 Å². The zero-order valence-electron chi connectivity index (χ0n) is 10.9. The highest BCUT2D eigenvalue weighted by Crippen LogP contribution is 2.16. The summed E-state index contributed by atoms with van der Waals surface area (Å²) < 4.78 is 10.1. The van der Waals surface area contributed by atoms with Crippen molar-refractivity contribution < 1.29 is 14.3 Å². The van der Waals surface area contributed by atoms with Gasteiger partial charge in [-0.1, -0.05) is 17.9 Å². The molecule has 1 aromatic rings. The van der Waals surface area contributed by atoms with Gasteiger partial charge in [-0.25, -0.2) is 4.79 Å². The molecule has 0 saturated heterocycles. The highest BCUT2D eigenvalue weighted by Gasteiger charge is 2.04. The Hall–Kier alpha value is -2.21. The van der Waals surface area contributed by atoms with E-state index in [1.807, 2.05) is 0 Å². The molecule has 0 N–H and O–H groups in total. The van der Waals surface area contributed by atoms with E-state index in [2.05, 4.69) is 22.7 Å². The molecule has 0 unspecified atom stereocenters. The third kappa shape index (κ3) is 3.89. The summed E-state index contributed by atoms with van der Waals surface area (Å²) in [4.78, 5) is 11.2. The van der Waals surface area contributed by atoms with E-state index in [0.29, 0.717) is 17.9 Å². The first-order chi connectivity index (χ1) is 9.29. The number of ether oxygens (including phenoxy) is 2. The smallest absolute Gasteiger partial charge is 0.337 e. The van der Waals surface area contributed by atoms with Gasteiger partial charge in [0.25, 0.3) is 0 Å². The van der Waals surface area contributed by atoms with Gasteiger partial charge in [-0.15, -0.1) is 0 Å². The molecule has 0 aliphatic heterocycles. The van der Waals surface area contributed by atoms with Gasteiger partial charge < -0.3 is 9.47 Å². The summed E-state index contributed by atoms with van der Waals surface area (Å²) >= 11 is 0. The molecule has 1 aliphatic carbocycles. The Kier molecular flexibility index (Phi) is 4.63. The van der Waals surface area contributed by atoms with Crippen molar-refractivity contribution in [1.82, 2.24) is 0 Å². The molecule has 1 aromatic carbocycles. The molecule has 0 bridgehead atoms. The summed E-state index contributed by atoms with van der Waals surface area (Å²) in [5.74, 6) is 6.44. The van der Waals surface area contributed by atoms with Gasteiger partial charge in [0.2, 0.25) is 0 Å². The number of carbonyl (C=O) groups excluding carboxylic acids is 1. The number of esters is 1. The Labute approximate surface area is 113 Å². The Morgan fingerprint density at radius 3 is 2.74 bits per heavy atom. The SMILES string of the molecule is COC(=O)c1ccc(OCC#CC2=CCCC2)cc1. The molecule has 1 aliphatic rings. The minimum absolute atomic E-state index is 0.348. The van der Waals surface area contributed by atoms with Crippen LogP contribution in [0.5, 0.6) is 5.75 Å². The first-order valence-electron chi connectivity index (χ1n) is 6.28. The van der Waals surface area contributed by atoms with Crippen molar-refractivity contribution in [2.45, 2.75) is 19.3 Å². The van der Waals surface area contributed by atoms with E-state index in [1.54, 1.807) is 24.3 Å². The Morgan fingerprint density at radius 1 is 1.32 bits per heavy atom. The summed E-state index contributed by atoms with van der Waals surface area (Å²) in [6.07, 6.45) is 5.61. The van der Waals surface area contributed by atoms with E-state index in [1.165, 1.54) is 19.1 Å². The molecular formula is C16H16O3. The quantitative estimate of drug-likeness (QED) is 0.616. The predicted molar refractivity (Wildman–Crippen MR) is 73.0 cm³/mol. The van der Waals surface area contributed by atoms with Gasteiger partial charge in [-0.2, -0.15) is 0 Å². The van der Waals surface area contributed by atoms with E-state index in [-0.39, 0.29) is 5.97 Å². The molecule has 0 atom stereocenters. The molecule has 19 heavy (non-hydrogen) atoms. The van der Waals surface area contributed by atoms with Crippen LogP contribution in [0.3, 0.4) is 0 Å². The third-order valence-electron chi connectivity index (χ3n) is 2.88. The van der Waals surface area contributed by atoms with Crippen LogP contribution in [0.4, 0.5) is 0 Å². The maximum absolute atomic E-state index is 11.2. The van der Waals surface area contributed by atoms with E-state index >= 15 is 0 Å². The van der Waals surface area contributed by atoms with Gasteiger partial charge >= 0.3 is 5.97 Å². The van der Waals surface area contributed by atoms with Gasteiger partial charge in [0, 0.05) is 0 Å². The van der Waals surface area contributed by atoms with Crippen molar-refractivity contribution in [2.24, 2.45) is 0 Å². The molecule has 3 heteroatoms. The van der Waals surface area contributed by atoms with Crippen LogP contribution in [0.2, 0.25) is 0 Å². The number of carbonyl (C=O) groups is 1. The molecule has 0 radical (unpaired) electrons. The summed E-state index contributed by atoms with van der Waals surface area (Å²) in [5, 5.41) is 0. The Balaban J connectivity index is 1.84. The van der Waals surface area contributed by atoms with E-state index in [4.69, 9.17) is 4.74 Å². The van der Waals surface area contributed by atoms with E-state index in [0.717, 1.165) is 12.8 Å². The molecule has 2 rings (SSSR count). The zero-order valence-corrected chi connectivity index (χ0v) is 10.9. The number of rotatable bonds is 3. The minimum atomic E-state index is -0.348. The summed E-state index contributed by atoms with van der Waals surface area (Å²) in [5.41, 5.74) is 1.72. The number of hydrogen-bond donors (Lipinski definition) is 0. The van der Waals surface area contributed by atoms with Gasteiger partial charge in [0.1, 0.15) is 12.4 Å². The van der Waals surface area contributed by atoms with Crippen LogP contribution >= 0.6 is 0 Å². The average Bonchev–Trinajstić information content (AvgIpc) is 2.96. The predicted octanol–water partition coefficient (Wildman–Crippen LogP) is 2.97. The molecule has 3 nitrogen and oxygen atoms in total. The lowest BCUT2D eigenvalue weighted by atomic mass is 10.2. The normalized spacial score (nSPS) is 13.2. The number of hydrogen-bond acceptors (Lipinski definition) is 3. The molecule has 0 amide bonds. The molecular weight excluding hydrogens is 240 g/mol. The van der Waals surface area contributed by atoms with Crippen molar-refractivity contribution >= 4 is 5.97 Å². The average molecular weight is 256 g/mol. The largest absolute Gasteiger partial charge is 0.481 e. The second-order valence-corrected chi connectivity index (χ2v) is 4.23. The maximum atomic E-state index is 11.2. The van der Waals surface area contributed by atoms with Gasteiger partial charge in [0.15, 0.2) is 0 Å². The highest BCUT2D eigenvalue weighted by molar-refractivity contribution is 5.89. The fourth-order valence-electron chi connectivity index (χ4n) is 1.86. The standard InChI is InChI=1S/C16H16O3/c1-18-16(17)14-8-10-15(11-9-14)19-12-4-7-13-5-2-3-6-13/h5,8-11H,2-3,6,12H2,1H3. The zero-order chi connectivity index (χ0) is 13.5. The van der Waals surface area contributed by atoms with Crippen molar-refractivity contribution in [3.63, 3.8) is 0 Å². The molecule has 0 saturated carbocycles. The first kappa shape index (κ1) is 13.2. The number of benzene rings is 1. The fourth-order valence-corrected chi connectivity index (χ4v) is 1.86. The Bertz CT molecular complexity index is 529. The molecule has 0 fully saturated rings. The second-order valence-electron chi connectivity index (χ2n) is 4.23.